The standard InChI is InChI=1S/C23H25ClN2O2S/c1-3-26(21-11-7-8-18(2)16-21)23(19-9-5-4-6-10-19)17-25-29(27,28)22-14-12-20(24)13-15-22/h4-16,23,25H,3,17H2,1-2H3. The lowest BCUT2D eigenvalue weighted by Crippen LogP contribution is -2.38. The summed E-state index contributed by atoms with van der Waals surface area (Å²) in [5.41, 5.74) is 3.27. The molecule has 3 aromatic rings. The van der Waals surface area contributed by atoms with Gasteiger partial charge in [-0.3, -0.25) is 0 Å². The van der Waals surface area contributed by atoms with Gasteiger partial charge in [-0.25, -0.2) is 13.1 Å². The fourth-order valence-electron chi connectivity index (χ4n) is 3.36. The summed E-state index contributed by atoms with van der Waals surface area (Å²) >= 11 is 5.89. The van der Waals surface area contributed by atoms with Crippen molar-refractivity contribution in [2.24, 2.45) is 0 Å². The van der Waals surface area contributed by atoms with Crippen LogP contribution in [0.2, 0.25) is 5.02 Å². The number of rotatable bonds is 8. The molecule has 1 N–H and O–H groups in total. The molecule has 0 radical (unpaired) electrons. The molecular weight excluding hydrogens is 404 g/mol. The molecule has 0 saturated carbocycles. The largest absolute Gasteiger partial charge is 0.363 e. The van der Waals surface area contributed by atoms with Gasteiger partial charge in [0.05, 0.1) is 10.9 Å². The zero-order chi connectivity index (χ0) is 20.9. The lowest BCUT2D eigenvalue weighted by Gasteiger charge is -2.33. The second-order valence-corrected chi connectivity index (χ2v) is 9.06. The lowest BCUT2D eigenvalue weighted by molar-refractivity contribution is 0.561. The normalized spacial score (nSPS) is 12.5. The molecule has 0 aliphatic rings. The number of sulfonamides is 1. The highest BCUT2D eigenvalue weighted by atomic mass is 35.5. The number of hydrogen-bond donors (Lipinski definition) is 1. The SMILES string of the molecule is CCN(c1cccc(C)c1)C(CNS(=O)(=O)c1ccc(Cl)cc1)c1ccccc1. The first-order valence-electron chi connectivity index (χ1n) is 9.54. The van der Waals surface area contributed by atoms with Crippen LogP contribution in [0.4, 0.5) is 5.69 Å². The van der Waals surface area contributed by atoms with Gasteiger partial charge in [0, 0.05) is 23.8 Å². The molecule has 3 rings (SSSR count). The maximum Gasteiger partial charge on any atom is 0.240 e. The van der Waals surface area contributed by atoms with E-state index in [0.29, 0.717) is 5.02 Å². The van der Waals surface area contributed by atoms with Gasteiger partial charge in [-0.1, -0.05) is 54.1 Å². The zero-order valence-corrected chi connectivity index (χ0v) is 18.1. The Hall–Kier alpha value is -2.34. The van der Waals surface area contributed by atoms with E-state index in [2.05, 4.69) is 41.7 Å². The van der Waals surface area contributed by atoms with Crippen LogP contribution in [-0.4, -0.2) is 21.5 Å². The van der Waals surface area contributed by atoms with Crippen molar-refractivity contribution in [3.8, 4) is 0 Å². The minimum absolute atomic E-state index is 0.148. The smallest absolute Gasteiger partial charge is 0.240 e. The first kappa shape index (κ1) is 21.4. The maximum atomic E-state index is 12.8. The number of nitrogens with one attached hydrogen (secondary N) is 1. The van der Waals surface area contributed by atoms with Crippen LogP contribution < -0.4 is 9.62 Å². The van der Waals surface area contributed by atoms with Gasteiger partial charge < -0.3 is 4.90 Å². The fraction of sp³-hybridized carbons (Fsp3) is 0.217. The van der Waals surface area contributed by atoms with Gasteiger partial charge in [-0.15, -0.1) is 0 Å². The van der Waals surface area contributed by atoms with E-state index in [9.17, 15) is 8.42 Å². The molecular formula is C23H25ClN2O2S. The molecule has 0 aliphatic heterocycles. The van der Waals surface area contributed by atoms with Gasteiger partial charge >= 0.3 is 0 Å². The van der Waals surface area contributed by atoms with Crippen LogP contribution in [0.1, 0.15) is 24.1 Å². The lowest BCUT2D eigenvalue weighted by atomic mass is 10.0. The van der Waals surface area contributed by atoms with E-state index < -0.39 is 10.0 Å². The molecule has 0 bridgehead atoms. The van der Waals surface area contributed by atoms with E-state index in [1.54, 1.807) is 12.1 Å². The van der Waals surface area contributed by atoms with Crippen molar-refractivity contribution >= 4 is 27.3 Å². The van der Waals surface area contributed by atoms with Crippen molar-refractivity contribution in [2.45, 2.75) is 24.8 Å². The van der Waals surface area contributed by atoms with Gasteiger partial charge in [-0.05, 0) is 61.4 Å². The van der Waals surface area contributed by atoms with E-state index in [0.717, 1.165) is 23.4 Å². The Balaban J connectivity index is 1.91. The Bertz CT molecular complexity index is 1040. The second-order valence-electron chi connectivity index (χ2n) is 6.86. The Morgan fingerprint density at radius 2 is 1.66 bits per heavy atom. The fourth-order valence-corrected chi connectivity index (χ4v) is 4.52. The van der Waals surface area contributed by atoms with Gasteiger partial charge in [0.25, 0.3) is 0 Å². The van der Waals surface area contributed by atoms with E-state index in [4.69, 9.17) is 11.6 Å². The molecule has 0 aliphatic carbocycles. The molecule has 0 spiro atoms. The topological polar surface area (TPSA) is 49.4 Å². The first-order valence-corrected chi connectivity index (χ1v) is 11.4. The van der Waals surface area contributed by atoms with Crippen LogP contribution in [0.15, 0.2) is 83.8 Å². The average molecular weight is 429 g/mol. The molecule has 152 valence electrons. The Kier molecular flexibility index (Phi) is 6.96. The summed E-state index contributed by atoms with van der Waals surface area (Å²) in [6.45, 7) is 5.12. The summed E-state index contributed by atoms with van der Waals surface area (Å²) < 4.78 is 28.4. The molecule has 0 heterocycles. The predicted molar refractivity (Wildman–Crippen MR) is 120 cm³/mol. The third kappa shape index (κ3) is 5.38. The highest BCUT2D eigenvalue weighted by molar-refractivity contribution is 7.89. The minimum Gasteiger partial charge on any atom is -0.363 e. The van der Waals surface area contributed by atoms with Crippen LogP contribution in [0.5, 0.6) is 0 Å². The Labute approximate surface area is 178 Å². The summed E-state index contributed by atoms with van der Waals surface area (Å²) in [5.74, 6) is 0. The number of benzene rings is 3. The zero-order valence-electron chi connectivity index (χ0n) is 16.5. The van der Waals surface area contributed by atoms with Gasteiger partial charge in [0.15, 0.2) is 0 Å². The number of aryl methyl sites for hydroxylation is 1. The third-order valence-electron chi connectivity index (χ3n) is 4.83. The third-order valence-corrected chi connectivity index (χ3v) is 6.52. The number of halogens is 1. The van der Waals surface area contributed by atoms with Crippen LogP contribution >= 0.6 is 11.6 Å². The van der Waals surface area contributed by atoms with Crippen LogP contribution in [0.3, 0.4) is 0 Å². The molecule has 29 heavy (non-hydrogen) atoms. The molecule has 0 aromatic heterocycles. The predicted octanol–water partition coefficient (Wildman–Crippen LogP) is 5.19. The summed E-state index contributed by atoms with van der Waals surface area (Å²) in [6.07, 6.45) is 0. The summed E-state index contributed by atoms with van der Waals surface area (Å²) in [6, 6.07) is 24.2. The van der Waals surface area contributed by atoms with Gasteiger partial charge in [0.2, 0.25) is 10.0 Å². The Morgan fingerprint density at radius 1 is 0.966 bits per heavy atom. The van der Waals surface area contributed by atoms with E-state index in [1.165, 1.54) is 12.1 Å². The highest BCUT2D eigenvalue weighted by Gasteiger charge is 2.23. The van der Waals surface area contributed by atoms with Crippen molar-refractivity contribution in [2.75, 3.05) is 18.0 Å². The van der Waals surface area contributed by atoms with Crippen LogP contribution in [0, 0.1) is 6.92 Å². The monoisotopic (exact) mass is 428 g/mol. The average Bonchev–Trinajstić information content (AvgIpc) is 2.72. The molecule has 3 aromatic carbocycles. The van der Waals surface area contributed by atoms with Crippen molar-refractivity contribution in [1.29, 1.82) is 0 Å². The number of nitrogens with zero attached hydrogens (tertiary/aromatic N) is 1. The number of anilines is 1. The van der Waals surface area contributed by atoms with Crippen molar-refractivity contribution < 1.29 is 8.42 Å². The molecule has 1 unspecified atom stereocenters. The van der Waals surface area contributed by atoms with Crippen LogP contribution in [-0.2, 0) is 10.0 Å². The molecule has 4 nitrogen and oxygen atoms in total. The quantitative estimate of drug-likeness (QED) is 0.536. The maximum absolute atomic E-state index is 12.8. The van der Waals surface area contributed by atoms with Gasteiger partial charge in [-0.2, -0.15) is 0 Å². The van der Waals surface area contributed by atoms with E-state index in [1.807, 2.05) is 36.4 Å². The number of hydrogen-bond acceptors (Lipinski definition) is 3. The van der Waals surface area contributed by atoms with Crippen molar-refractivity contribution in [3.05, 3.63) is 95.0 Å². The van der Waals surface area contributed by atoms with E-state index >= 15 is 0 Å². The molecule has 0 fully saturated rings. The summed E-state index contributed by atoms with van der Waals surface area (Å²) in [7, 11) is -3.65. The van der Waals surface area contributed by atoms with Gasteiger partial charge in [0.1, 0.15) is 0 Å². The minimum atomic E-state index is -3.65. The van der Waals surface area contributed by atoms with Crippen LogP contribution in [0.25, 0.3) is 0 Å². The molecule has 0 saturated heterocycles. The first-order chi connectivity index (χ1) is 13.9. The van der Waals surface area contributed by atoms with E-state index in [-0.39, 0.29) is 17.5 Å². The molecule has 1 atom stereocenters. The molecule has 0 amide bonds. The van der Waals surface area contributed by atoms with Crippen molar-refractivity contribution in [3.63, 3.8) is 0 Å². The summed E-state index contributed by atoms with van der Waals surface area (Å²) in [4.78, 5) is 2.42. The van der Waals surface area contributed by atoms with Crippen molar-refractivity contribution in [1.82, 2.24) is 4.72 Å². The number of likely N-dealkylation sites (N-methyl/N-ethyl adjacent to an activating group) is 1. The second kappa shape index (κ2) is 9.44. The molecule has 6 heteroatoms. The highest BCUT2D eigenvalue weighted by Crippen LogP contribution is 2.28. The summed E-state index contributed by atoms with van der Waals surface area (Å²) in [5, 5.41) is 0.503. The Morgan fingerprint density at radius 3 is 2.28 bits per heavy atom.